The molecule has 0 aliphatic heterocycles. The Hall–Kier alpha value is -1.31. The number of rotatable bonds is 2. The van der Waals surface area contributed by atoms with Gasteiger partial charge in [-0.25, -0.2) is 0 Å². The lowest BCUT2D eigenvalue weighted by Gasteiger charge is -2.38. The number of hydrogen-bond donors (Lipinski definition) is 1. The lowest BCUT2D eigenvalue weighted by Crippen LogP contribution is -2.37. The van der Waals surface area contributed by atoms with E-state index in [4.69, 9.17) is 0 Å². The molecule has 1 aliphatic carbocycles. The highest BCUT2D eigenvalue weighted by Gasteiger charge is 2.50. The maximum Gasteiger partial charge on any atom is 0.126 e. The summed E-state index contributed by atoms with van der Waals surface area (Å²) >= 11 is 0. The highest BCUT2D eigenvalue weighted by molar-refractivity contribution is 5.65. The number of benzene rings is 1. The number of carbonyl (C=O) groups excluding carboxylic acids is 1. The first-order chi connectivity index (χ1) is 7.93. The highest BCUT2D eigenvalue weighted by atomic mass is 16.3. The van der Waals surface area contributed by atoms with Crippen molar-refractivity contribution in [3.63, 3.8) is 0 Å². The third kappa shape index (κ3) is 1.67. The monoisotopic (exact) mass is 232 g/mol. The Balaban J connectivity index is 2.58. The van der Waals surface area contributed by atoms with Crippen LogP contribution in [0.3, 0.4) is 0 Å². The van der Waals surface area contributed by atoms with E-state index in [1.54, 1.807) is 6.07 Å². The Labute approximate surface area is 103 Å². The summed E-state index contributed by atoms with van der Waals surface area (Å²) in [5.74, 6) is 0.313. The topological polar surface area (TPSA) is 37.3 Å². The second-order valence-electron chi connectivity index (χ2n) is 5.74. The van der Waals surface area contributed by atoms with E-state index >= 15 is 0 Å². The number of hydrogen-bond acceptors (Lipinski definition) is 2. The molecule has 0 bridgehead atoms. The van der Waals surface area contributed by atoms with Gasteiger partial charge in [-0.3, -0.25) is 0 Å². The van der Waals surface area contributed by atoms with Crippen LogP contribution in [0.15, 0.2) is 18.2 Å². The molecule has 1 fully saturated rings. The third-order valence-electron chi connectivity index (χ3n) is 4.64. The minimum absolute atomic E-state index is 0.245. The summed E-state index contributed by atoms with van der Waals surface area (Å²) in [5, 5.41) is 10.1. The molecule has 2 heteroatoms. The molecule has 1 aromatic carbocycles. The zero-order chi connectivity index (χ0) is 12.7. The molecule has 17 heavy (non-hydrogen) atoms. The van der Waals surface area contributed by atoms with Crippen molar-refractivity contribution in [2.24, 2.45) is 5.41 Å². The van der Waals surface area contributed by atoms with Crippen LogP contribution >= 0.6 is 0 Å². The Morgan fingerprint density at radius 3 is 2.65 bits per heavy atom. The van der Waals surface area contributed by atoms with E-state index in [0.717, 1.165) is 36.7 Å². The molecule has 1 N–H and O–H groups in total. The summed E-state index contributed by atoms with van der Waals surface area (Å²) in [6, 6.07) is 5.65. The van der Waals surface area contributed by atoms with Gasteiger partial charge in [0.1, 0.15) is 12.0 Å². The van der Waals surface area contributed by atoms with Gasteiger partial charge in [-0.15, -0.1) is 0 Å². The van der Waals surface area contributed by atoms with Gasteiger partial charge in [-0.2, -0.15) is 0 Å². The van der Waals surface area contributed by atoms with Crippen LogP contribution in [0.2, 0.25) is 0 Å². The molecule has 0 saturated heterocycles. The van der Waals surface area contributed by atoms with Crippen LogP contribution in [-0.2, 0) is 10.2 Å². The van der Waals surface area contributed by atoms with Gasteiger partial charge in [0.25, 0.3) is 0 Å². The molecule has 1 saturated carbocycles. The number of aldehydes is 1. The number of aryl methyl sites for hydroxylation is 1. The summed E-state index contributed by atoms with van der Waals surface area (Å²) in [5.41, 5.74) is 1.44. The van der Waals surface area contributed by atoms with Crippen LogP contribution in [0.1, 0.15) is 44.2 Å². The zero-order valence-electron chi connectivity index (χ0n) is 10.8. The van der Waals surface area contributed by atoms with Crippen molar-refractivity contribution < 1.29 is 9.90 Å². The zero-order valence-corrected chi connectivity index (χ0v) is 10.8. The first kappa shape index (κ1) is 12.2. The van der Waals surface area contributed by atoms with E-state index < -0.39 is 0 Å². The van der Waals surface area contributed by atoms with E-state index in [1.807, 2.05) is 26.0 Å². The molecule has 0 aromatic heterocycles. The summed E-state index contributed by atoms with van der Waals surface area (Å²) in [6.45, 7) is 6.12. The average molecular weight is 232 g/mol. The molecule has 0 spiro atoms. The Bertz CT molecular complexity index is 452. The summed E-state index contributed by atoms with van der Waals surface area (Å²) in [7, 11) is 0. The van der Waals surface area contributed by atoms with Gasteiger partial charge < -0.3 is 9.90 Å². The van der Waals surface area contributed by atoms with Crippen LogP contribution in [0.5, 0.6) is 5.75 Å². The molecule has 2 nitrogen and oxygen atoms in total. The van der Waals surface area contributed by atoms with Crippen molar-refractivity contribution in [1.82, 2.24) is 0 Å². The summed E-state index contributed by atoms with van der Waals surface area (Å²) < 4.78 is 0. The average Bonchev–Trinajstić information content (AvgIpc) is 2.60. The van der Waals surface area contributed by atoms with E-state index in [9.17, 15) is 9.90 Å². The normalized spacial score (nSPS) is 32.6. The van der Waals surface area contributed by atoms with Gasteiger partial charge in [-0.1, -0.05) is 38.0 Å². The van der Waals surface area contributed by atoms with Crippen LogP contribution in [0, 0.1) is 12.3 Å². The second-order valence-corrected chi connectivity index (χ2v) is 5.74. The molecule has 0 heterocycles. The Morgan fingerprint density at radius 2 is 2.00 bits per heavy atom. The number of aromatic hydroxyl groups is 1. The molecule has 2 atom stereocenters. The molecule has 0 radical (unpaired) electrons. The molecule has 2 rings (SSSR count). The van der Waals surface area contributed by atoms with E-state index in [-0.39, 0.29) is 10.8 Å². The third-order valence-corrected chi connectivity index (χ3v) is 4.64. The Kier molecular flexibility index (Phi) is 2.76. The van der Waals surface area contributed by atoms with Crippen molar-refractivity contribution >= 4 is 6.29 Å². The molecular formula is C15H20O2. The van der Waals surface area contributed by atoms with Gasteiger partial charge in [0, 0.05) is 16.4 Å². The maximum atomic E-state index is 11.4. The van der Waals surface area contributed by atoms with E-state index in [2.05, 4.69) is 6.92 Å². The van der Waals surface area contributed by atoms with Gasteiger partial charge in [0.05, 0.1) is 0 Å². The number of carbonyl (C=O) groups is 1. The first-order valence-electron chi connectivity index (χ1n) is 6.19. The standard InChI is InChI=1S/C15H20O2/c1-11-5-6-13(17)12(9-11)15(3)8-4-7-14(15,2)10-16/h5-6,9-10,17H,4,7-8H2,1-3H3/t14-,15+/m0/s1. The quantitative estimate of drug-likeness (QED) is 0.794. The van der Waals surface area contributed by atoms with Crippen LogP contribution in [0.25, 0.3) is 0 Å². The van der Waals surface area contributed by atoms with Crippen molar-refractivity contribution in [1.29, 1.82) is 0 Å². The summed E-state index contributed by atoms with van der Waals surface area (Å²) in [6.07, 6.45) is 3.97. The maximum absolute atomic E-state index is 11.4. The van der Waals surface area contributed by atoms with Crippen molar-refractivity contribution in [2.45, 2.75) is 45.4 Å². The minimum atomic E-state index is -0.363. The largest absolute Gasteiger partial charge is 0.508 e. The lowest BCUT2D eigenvalue weighted by atomic mass is 9.64. The molecule has 1 aliphatic rings. The molecule has 92 valence electrons. The highest BCUT2D eigenvalue weighted by Crippen LogP contribution is 2.54. The number of phenols is 1. The van der Waals surface area contributed by atoms with Crippen LogP contribution < -0.4 is 0 Å². The van der Waals surface area contributed by atoms with E-state index in [1.165, 1.54) is 0 Å². The molecule has 0 unspecified atom stereocenters. The van der Waals surface area contributed by atoms with Crippen LogP contribution in [0.4, 0.5) is 0 Å². The molecule has 1 aromatic rings. The Morgan fingerprint density at radius 1 is 1.29 bits per heavy atom. The predicted octanol–water partition coefficient (Wildman–Crippen LogP) is 3.35. The molecule has 0 amide bonds. The SMILES string of the molecule is Cc1ccc(O)c([C@@]2(C)CCC[C@@]2(C)C=O)c1. The fourth-order valence-corrected chi connectivity index (χ4v) is 3.09. The minimum Gasteiger partial charge on any atom is -0.508 e. The fourth-order valence-electron chi connectivity index (χ4n) is 3.09. The lowest BCUT2D eigenvalue weighted by molar-refractivity contribution is -0.117. The van der Waals surface area contributed by atoms with Crippen molar-refractivity contribution in [3.8, 4) is 5.75 Å². The first-order valence-corrected chi connectivity index (χ1v) is 6.19. The van der Waals surface area contributed by atoms with Gasteiger partial charge in [0.2, 0.25) is 0 Å². The summed E-state index contributed by atoms with van der Waals surface area (Å²) in [4.78, 5) is 11.4. The van der Waals surface area contributed by atoms with Crippen molar-refractivity contribution in [2.75, 3.05) is 0 Å². The smallest absolute Gasteiger partial charge is 0.126 e. The van der Waals surface area contributed by atoms with Crippen LogP contribution in [-0.4, -0.2) is 11.4 Å². The second kappa shape index (κ2) is 3.86. The van der Waals surface area contributed by atoms with E-state index in [0.29, 0.717) is 5.75 Å². The molecular weight excluding hydrogens is 212 g/mol. The predicted molar refractivity (Wildman–Crippen MR) is 68.2 cm³/mol. The van der Waals surface area contributed by atoms with Gasteiger partial charge >= 0.3 is 0 Å². The number of phenolic OH excluding ortho intramolecular Hbond substituents is 1. The van der Waals surface area contributed by atoms with Gasteiger partial charge in [0.15, 0.2) is 0 Å². The van der Waals surface area contributed by atoms with Crippen molar-refractivity contribution in [3.05, 3.63) is 29.3 Å². The fraction of sp³-hybridized carbons (Fsp3) is 0.533. The van der Waals surface area contributed by atoms with Gasteiger partial charge in [-0.05, 0) is 25.8 Å².